The first-order valence-electron chi connectivity index (χ1n) is 6.36. The number of hydrogen-bond donors (Lipinski definition) is 2. The monoisotopic (exact) mass is 348 g/mol. The van der Waals surface area contributed by atoms with E-state index in [2.05, 4.69) is 10.0 Å². The molecule has 0 aliphatic heterocycles. The van der Waals surface area contributed by atoms with E-state index in [1.54, 1.807) is 0 Å². The molecule has 124 valence electrons. The lowest BCUT2D eigenvalue weighted by molar-refractivity contribution is -0.115. The molecule has 0 atom stereocenters. The normalized spacial score (nSPS) is 12.0. The first-order valence-corrected chi connectivity index (χ1v) is 7.84. The third-order valence-electron chi connectivity index (χ3n) is 2.78. The highest BCUT2D eigenvalue weighted by Crippen LogP contribution is 2.26. The number of anilines is 2. The van der Waals surface area contributed by atoms with Crippen LogP contribution in [0.15, 0.2) is 53.4 Å². The van der Waals surface area contributed by atoms with Crippen LogP contribution in [-0.4, -0.2) is 21.1 Å². The highest BCUT2D eigenvalue weighted by atomic mass is 32.2. The molecule has 0 aliphatic rings. The van der Waals surface area contributed by atoms with Crippen LogP contribution in [0.1, 0.15) is 0 Å². The highest BCUT2D eigenvalue weighted by Gasteiger charge is 2.27. The minimum atomic E-state index is -4.46. The summed E-state index contributed by atoms with van der Waals surface area (Å²) in [5, 5.41) is 2.10. The van der Waals surface area contributed by atoms with Crippen LogP contribution in [0.5, 0.6) is 0 Å². The Kier molecular flexibility index (Phi) is 4.79. The van der Waals surface area contributed by atoms with Crippen molar-refractivity contribution in [1.82, 2.24) is 0 Å². The minimum absolute atomic E-state index is 0.0651. The molecule has 0 bridgehead atoms. The Morgan fingerprint density at radius 2 is 1.48 bits per heavy atom. The van der Waals surface area contributed by atoms with Crippen LogP contribution in [0, 0.1) is 5.82 Å². The van der Waals surface area contributed by atoms with Crippen molar-refractivity contribution in [1.29, 1.82) is 0 Å². The Morgan fingerprint density at radius 3 is 2.09 bits per heavy atom. The van der Waals surface area contributed by atoms with Crippen LogP contribution in [0.4, 0.5) is 28.9 Å². The lowest BCUT2D eigenvalue weighted by Crippen LogP contribution is -2.22. The predicted molar refractivity (Wildman–Crippen MR) is 78.2 cm³/mol. The number of sulfonamides is 1. The van der Waals surface area contributed by atoms with Crippen LogP contribution in [0.25, 0.3) is 0 Å². The lowest BCUT2D eigenvalue weighted by Gasteiger charge is -2.15. The maximum absolute atomic E-state index is 13.6. The average molecular weight is 348 g/mol. The Balaban J connectivity index is 2.28. The van der Waals surface area contributed by atoms with Crippen LogP contribution < -0.4 is 10.0 Å². The maximum atomic E-state index is 13.6. The topological polar surface area (TPSA) is 58.2 Å². The molecule has 0 heterocycles. The van der Waals surface area contributed by atoms with Crippen molar-refractivity contribution < 1.29 is 26.0 Å². The van der Waals surface area contributed by atoms with Crippen LogP contribution in [0.3, 0.4) is 0 Å². The van der Waals surface area contributed by atoms with Crippen molar-refractivity contribution in [2.75, 3.05) is 16.6 Å². The minimum Gasteiger partial charge on any atom is -0.375 e. The fourth-order valence-electron chi connectivity index (χ4n) is 1.78. The molecule has 0 spiro atoms. The van der Waals surface area contributed by atoms with Crippen LogP contribution >= 0.6 is 0 Å². The molecule has 23 heavy (non-hydrogen) atoms. The molecule has 0 unspecified atom stereocenters. The second-order valence-electron chi connectivity index (χ2n) is 4.55. The van der Waals surface area contributed by atoms with Gasteiger partial charge in [0, 0.05) is 0 Å². The van der Waals surface area contributed by atoms with E-state index in [4.69, 9.17) is 0 Å². The predicted octanol–water partition coefficient (Wildman–Crippen LogP) is 3.60. The standard InChI is InChI=1S/C14H12F4N2O2S/c15-10-5-1-4-8-13(10)23(21,22)20-12-7-3-2-6-11(12)19-9-14(16,17)18/h1-8,19-20H,9H2. The van der Waals surface area contributed by atoms with Gasteiger partial charge in [0.1, 0.15) is 17.3 Å². The summed E-state index contributed by atoms with van der Waals surface area (Å²) in [6, 6.07) is 10.1. The number of para-hydroxylation sites is 2. The smallest absolute Gasteiger partial charge is 0.375 e. The van der Waals surface area contributed by atoms with E-state index < -0.39 is 33.5 Å². The number of benzene rings is 2. The highest BCUT2D eigenvalue weighted by molar-refractivity contribution is 7.92. The molecular weight excluding hydrogens is 336 g/mol. The van der Waals surface area contributed by atoms with Crippen molar-refractivity contribution in [2.24, 2.45) is 0 Å². The van der Waals surface area contributed by atoms with Crippen molar-refractivity contribution in [2.45, 2.75) is 11.1 Å². The second-order valence-corrected chi connectivity index (χ2v) is 6.20. The fourth-order valence-corrected chi connectivity index (χ4v) is 2.94. The summed E-state index contributed by atoms with van der Waals surface area (Å²) in [7, 11) is -4.27. The van der Waals surface area contributed by atoms with Gasteiger partial charge in [0.25, 0.3) is 10.0 Å². The van der Waals surface area contributed by atoms with Gasteiger partial charge in [-0.1, -0.05) is 24.3 Å². The van der Waals surface area contributed by atoms with Gasteiger partial charge in [-0.2, -0.15) is 13.2 Å². The summed E-state index contributed by atoms with van der Waals surface area (Å²) in [4.78, 5) is -0.592. The average Bonchev–Trinajstić information content (AvgIpc) is 2.45. The Labute approximate surface area is 130 Å². The van der Waals surface area contributed by atoms with Crippen LogP contribution in [-0.2, 0) is 10.0 Å². The first-order chi connectivity index (χ1) is 10.7. The zero-order valence-electron chi connectivity index (χ0n) is 11.6. The third-order valence-corrected chi connectivity index (χ3v) is 4.18. The number of hydrogen-bond acceptors (Lipinski definition) is 3. The van der Waals surface area contributed by atoms with E-state index in [9.17, 15) is 26.0 Å². The quantitative estimate of drug-likeness (QED) is 0.812. The molecule has 0 aromatic heterocycles. The molecule has 2 aromatic rings. The summed E-state index contributed by atoms with van der Waals surface area (Å²) in [5.74, 6) is -0.958. The van der Waals surface area contributed by atoms with Gasteiger partial charge in [-0.25, -0.2) is 12.8 Å². The van der Waals surface area contributed by atoms with E-state index in [1.807, 2.05) is 0 Å². The molecule has 9 heteroatoms. The van der Waals surface area contributed by atoms with Crippen molar-refractivity contribution >= 4 is 21.4 Å². The zero-order valence-corrected chi connectivity index (χ0v) is 12.4. The fraction of sp³-hybridized carbons (Fsp3) is 0.143. The van der Waals surface area contributed by atoms with E-state index in [0.717, 1.165) is 12.1 Å². The summed E-state index contributed by atoms with van der Waals surface area (Å²) in [6.45, 7) is -1.33. The molecule has 4 nitrogen and oxygen atoms in total. The van der Waals surface area contributed by atoms with Crippen molar-refractivity contribution in [3.63, 3.8) is 0 Å². The van der Waals surface area contributed by atoms with Crippen molar-refractivity contribution in [3.05, 3.63) is 54.3 Å². The Bertz CT molecular complexity index is 791. The van der Waals surface area contributed by atoms with Crippen LogP contribution in [0.2, 0.25) is 0 Å². The van der Waals surface area contributed by atoms with Gasteiger partial charge in [0.2, 0.25) is 0 Å². The third kappa shape index (κ3) is 4.59. The summed E-state index contributed by atoms with van der Waals surface area (Å²) >= 11 is 0. The van der Waals surface area contributed by atoms with Gasteiger partial charge in [0.05, 0.1) is 11.4 Å². The van der Waals surface area contributed by atoms with E-state index in [1.165, 1.54) is 36.4 Å². The molecule has 0 fully saturated rings. The SMILES string of the molecule is O=S(=O)(Nc1ccccc1NCC(F)(F)F)c1ccccc1F. The molecule has 0 saturated carbocycles. The number of alkyl halides is 3. The van der Waals surface area contributed by atoms with Gasteiger partial charge in [0.15, 0.2) is 0 Å². The van der Waals surface area contributed by atoms with E-state index in [0.29, 0.717) is 0 Å². The number of nitrogens with one attached hydrogen (secondary N) is 2. The van der Waals surface area contributed by atoms with E-state index in [-0.39, 0.29) is 11.4 Å². The molecule has 0 radical (unpaired) electrons. The maximum Gasteiger partial charge on any atom is 0.405 e. The molecule has 2 rings (SSSR count). The van der Waals surface area contributed by atoms with Crippen molar-refractivity contribution in [3.8, 4) is 0 Å². The van der Waals surface area contributed by atoms with Gasteiger partial charge in [-0.3, -0.25) is 4.72 Å². The molecule has 0 amide bonds. The largest absolute Gasteiger partial charge is 0.405 e. The van der Waals surface area contributed by atoms with Gasteiger partial charge >= 0.3 is 6.18 Å². The van der Waals surface area contributed by atoms with Gasteiger partial charge in [-0.15, -0.1) is 0 Å². The molecule has 2 N–H and O–H groups in total. The first kappa shape index (κ1) is 17.1. The molecule has 0 saturated heterocycles. The van der Waals surface area contributed by atoms with E-state index >= 15 is 0 Å². The van der Waals surface area contributed by atoms with Gasteiger partial charge < -0.3 is 5.32 Å². The zero-order chi connectivity index (χ0) is 17.1. The Morgan fingerprint density at radius 1 is 0.913 bits per heavy atom. The molecular formula is C14H12F4N2O2S. The van der Waals surface area contributed by atoms with Gasteiger partial charge in [-0.05, 0) is 24.3 Å². The molecule has 2 aromatic carbocycles. The summed E-state index contributed by atoms with van der Waals surface area (Å²) in [5.41, 5.74) is -0.176. The lowest BCUT2D eigenvalue weighted by atomic mass is 10.3. The number of halogens is 4. The molecule has 0 aliphatic carbocycles. The second kappa shape index (κ2) is 6.45. The summed E-state index contributed by atoms with van der Waals surface area (Å²) < 4.78 is 76.9. The Hall–Kier alpha value is -2.29. The summed E-state index contributed by atoms with van der Waals surface area (Å²) in [6.07, 6.45) is -4.46. The number of rotatable bonds is 5.